The van der Waals surface area contributed by atoms with Crippen LogP contribution < -0.4 is 0 Å². The Kier molecular flexibility index (Phi) is 3.66. The van der Waals surface area contributed by atoms with Gasteiger partial charge in [-0.05, 0) is 13.8 Å². The van der Waals surface area contributed by atoms with Crippen molar-refractivity contribution in [1.29, 1.82) is 0 Å². The minimum atomic E-state index is 0.131. The van der Waals surface area contributed by atoms with Gasteiger partial charge in [-0.3, -0.25) is 0 Å². The monoisotopic (exact) mass is 228 g/mol. The van der Waals surface area contributed by atoms with E-state index in [4.69, 9.17) is 9.47 Å². The molecular weight excluding hydrogens is 208 g/mol. The molecule has 0 aromatic rings. The number of morpholine rings is 2. The molecule has 2 heterocycles. The number of ether oxygens (including phenoxy) is 2. The second-order valence-electron chi connectivity index (χ2n) is 4.53. The zero-order valence-corrected chi connectivity index (χ0v) is 10.0. The Bertz CT molecular complexity index is 254. The number of urea groups is 1. The number of rotatable bonds is 0. The third-order valence-electron chi connectivity index (χ3n) is 3.14. The van der Waals surface area contributed by atoms with E-state index in [0.717, 1.165) is 0 Å². The van der Waals surface area contributed by atoms with E-state index < -0.39 is 0 Å². The van der Waals surface area contributed by atoms with Crippen LogP contribution in [0.1, 0.15) is 13.8 Å². The van der Waals surface area contributed by atoms with E-state index in [1.807, 2.05) is 23.6 Å². The van der Waals surface area contributed by atoms with Gasteiger partial charge in [-0.1, -0.05) is 0 Å². The highest BCUT2D eigenvalue weighted by atomic mass is 16.5. The summed E-state index contributed by atoms with van der Waals surface area (Å²) in [5, 5.41) is 0. The molecule has 0 saturated carbocycles. The van der Waals surface area contributed by atoms with Gasteiger partial charge in [0.05, 0.1) is 32.0 Å². The highest BCUT2D eigenvalue weighted by Gasteiger charge is 2.31. The lowest BCUT2D eigenvalue weighted by Gasteiger charge is -2.40. The molecule has 0 bridgehead atoms. The Hall–Kier alpha value is -0.810. The molecule has 2 aliphatic rings. The van der Waals surface area contributed by atoms with Gasteiger partial charge in [-0.25, -0.2) is 4.79 Å². The smallest absolute Gasteiger partial charge is 0.320 e. The largest absolute Gasteiger partial charge is 0.378 e. The third kappa shape index (κ3) is 2.47. The summed E-state index contributed by atoms with van der Waals surface area (Å²) in [7, 11) is 0. The fraction of sp³-hybridized carbons (Fsp3) is 0.909. The summed E-state index contributed by atoms with van der Waals surface area (Å²) < 4.78 is 10.8. The summed E-state index contributed by atoms with van der Waals surface area (Å²) in [5.74, 6) is 0. The Labute approximate surface area is 96.3 Å². The SMILES string of the molecule is CC1CN(C(=O)N2CCOCC2)C(C)CO1. The van der Waals surface area contributed by atoms with Gasteiger partial charge in [0.15, 0.2) is 0 Å². The second kappa shape index (κ2) is 5.01. The van der Waals surface area contributed by atoms with Crippen LogP contribution in [0, 0.1) is 0 Å². The molecule has 0 radical (unpaired) electrons. The van der Waals surface area contributed by atoms with Crippen LogP contribution in [0.25, 0.3) is 0 Å². The van der Waals surface area contributed by atoms with Crippen molar-refractivity contribution >= 4 is 6.03 Å². The van der Waals surface area contributed by atoms with Gasteiger partial charge in [-0.2, -0.15) is 0 Å². The lowest BCUT2D eigenvalue weighted by Crippen LogP contribution is -2.56. The van der Waals surface area contributed by atoms with Crippen LogP contribution in [-0.4, -0.2) is 67.4 Å². The molecule has 16 heavy (non-hydrogen) atoms. The molecule has 2 amide bonds. The summed E-state index contributed by atoms with van der Waals surface area (Å²) in [4.78, 5) is 16.0. The molecule has 2 aliphatic heterocycles. The Morgan fingerprint density at radius 3 is 2.62 bits per heavy atom. The molecule has 92 valence electrons. The first kappa shape index (κ1) is 11.7. The van der Waals surface area contributed by atoms with E-state index in [0.29, 0.717) is 39.5 Å². The maximum Gasteiger partial charge on any atom is 0.320 e. The van der Waals surface area contributed by atoms with Crippen molar-refractivity contribution < 1.29 is 14.3 Å². The van der Waals surface area contributed by atoms with Crippen molar-refractivity contribution in [2.75, 3.05) is 39.5 Å². The highest BCUT2D eigenvalue weighted by molar-refractivity contribution is 5.75. The molecule has 0 spiro atoms. The molecule has 2 unspecified atom stereocenters. The molecule has 0 aromatic heterocycles. The van der Waals surface area contributed by atoms with Crippen LogP contribution in [0.3, 0.4) is 0 Å². The van der Waals surface area contributed by atoms with Crippen LogP contribution in [0.2, 0.25) is 0 Å². The summed E-state index contributed by atoms with van der Waals surface area (Å²) in [5.41, 5.74) is 0. The second-order valence-corrected chi connectivity index (χ2v) is 4.53. The number of carbonyl (C=O) groups is 1. The van der Waals surface area contributed by atoms with Crippen LogP contribution in [0.15, 0.2) is 0 Å². The fourth-order valence-electron chi connectivity index (χ4n) is 2.11. The van der Waals surface area contributed by atoms with E-state index in [1.54, 1.807) is 0 Å². The van der Waals surface area contributed by atoms with Crippen molar-refractivity contribution in [1.82, 2.24) is 9.80 Å². The topological polar surface area (TPSA) is 42.0 Å². The minimum Gasteiger partial charge on any atom is -0.378 e. The molecular formula is C11H20N2O3. The average molecular weight is 228 g/mol. The first-order valence-electron chi connectivity index (χ1n) is 5.93. The van der Waals surface area contributed by atoms with E-state index >= 15 is 0 Å². The third-order valence-corrected chi connectivity index (χ3v) is 3.14. The van der Waals surface area contributed by atoms with Crippen molar-refractivity contribution in [2.24, 2.45) is 0 Å². The van der Waals surface area contributed by atoms with E-state index in [1.165, 1.54) is 0 Å². The quantitative estimate of drug-likeness (QED) is 0.608. The van der Waals surface area contributed by atoms with Gasteiger partial charge in [-0.15, -0.1) is 0 Å². The van der Waals surface area contributed by atoms with Crippen LogP contribution in [0.4, 0.5) is 4.79 Å². The van der Waals surface area contributed by atoms with Crippen molar-refractivity contribution in [3.05, 3.63) is 0 Å². The molecule has 5 nitrogen and oxygen atoms in total. The van der Waals surface area contributed by atoms with E-state index in [-0.39, 0.29) is 18.2 Å². The molecule has 0 aromatic carbocycles. The van der Waals surface area contributed by atoms with Crippen molar-refractivity contribution in [2.45, 2.75) is 26.0 Å². The predicted octanol–water partition coefficient (Wildman–Crippen LogP) is 0.548. The highest BCUT2D eigenvalue weighted by Crippen LogP contribution is 2.14. The zero-order chi connectivity index (χ0) is 11.5. The number of amides is 2. The standard InChI is InChI=1S/C11H20N2O3/c1-9-8-16-10(2)7-13(9)11(14)12-3-5-15-6-4-12/h9-10H,3-8H2,1-2H3. The average Bonchev–Trinajstić information content (AvgIpc) is 2.32. The summed E-state index contributed by atoms with van der Waals surface area (Å²) in [6, 6.07) is 0.303. The zero-order valence-electron chi connectivity index (χ0n) is 10.0. The molecule has 2 rings (SSSR count). The minimum absolute atomic E-state index is 0.131. The van der Waals surface area contributed by atoms with Gasteiger partial charge in [0.25, 0.3) is 0 Å². The first-order valence-corrected chi connectivity index (χ1v) is 5.93. The number of hydrogen-bond donors (Lipinski definition) is 0. The molecule has 2 atom stereocenters. The van der Waals surface area contributed by atoms with Gasteiger partial charge in [0.2, 0.25) is 0 Å². The Morgan fingerprint density at radius 2 is 1.94 bits per heavy atom. The molecule has 5 heteroatoms. The van der Waals surface area contributed by atoms with Gasteiger partial charge in [0.1, 0.15) is 0 Å². The summed E-state index contributed by atoms with van der Waals surface area (Å²) in [6.45, 7) is 8.08. The number of nitrogens with zero attached hydrogens (tertiary/aromatic N) is 2. The van der Waals surface area contributed by atoms with Crippen LogP contribution >= 0.6 is 0 Å². The molecule has 0 aliphatic carbocycles. The van der Waals surface area contributed by atoms with Crippen molar-refractivity contribution in [3.63, 3.8) is 0 Å². The molecule has 0 N–H and O–H groups in total. The van der Waals surface area contributed by atoms with Gasteiger partial charge < -0.3 is 19.3 Å². The number of hydrogen-bond acceptors (Lipinski definition) is 3. The van der Waals surface area contributed by atoms with Crippen LogP contribution in [-0.2, 0) is 9.47 Å². The lowest BCUT2D eigenvalue weighted by molar-refractivity contribution is -0.0423. The maximum atomic E-state index is 12.2. The normalized spacial score (nSPS) is 31.6. The molecule has 2 saturated heterocycles. The maximum absolute atomic E-state index is 12.2. The van der Waals surface area contributed by atoms with Gasteiger partial charge >= 0.3 is 6.03 Å². The Morgan fingerprint density at radius 1 is 1.25 bits per heavy atom. The Balaban J connectivity index is 1.96. The predicted molar refractivity (Wildman–Crippen MR) is 59.4 cm³/mol. The van der Waals surface area contributed by atoms with Gasteiger partial charge in [0, 0.05) is 19.6 Å². The summed E-state index contributed by atoms with van der Waals surface area (Å²) in [6.07, 6.45) is 0.140. The molecule has 2 fully saturated rings. The van der Waals surface area contributed by atoms with E-state index in [9.17, 15) is 4.79 Å². The summed E-state index contributed by atoms with van der Waals surface area (Å²) >= 11 is 0. The lowest BCUT2D eigenvalue weighted by atomic mass is 10.2. The van der Waals surface area contributed by atoms with Crippen molar-refractivity contribution in [3.8, 4) is 0 Å². The number of carbonyl (C=O) groups excluding carboxylic acids is 1. The van der Waals surface area contributed by atoms with Crippen LogP contribution in [0.5, 0.6) is 0 Å². The fourth-order valence-corrected chi connectivity index (χ4v) is 2.11. The van der Waals surface area contributed by atoms with E-state index in [2.05, 4.69) is 0 Å². The first-order chi connectivity index (χ1) is 7.68.